The van der Waals surface area contributed by atoms with Crippen LogP contribution in [0.15, 0.2) is 18.5 Å². The minimum Gasteiger partial charge on any atom is -0.481 e. The number of carbonyl (C=O) groups is 1. The maximum Gasteiger partial charge on any atom is 0.307 e. The van der Waals surface area contributed by atoms with Crippen molar-refractivity contribution in [1.82, 2.24) is 19.6 Å². The van der Waals surface area contributed by atoms with Crippen LogP contribution in [0.3, 0.4) is 0 Å². The summed E-state index contributed by atoms with van der Waals surface area (Å²) in [7, 11) is 0. The fourth-order valence-corrected chi connectivity index (χ4v) is 3.94. The first-order valence-electron chi connectivity index (χ1n) is 8.89. The molecule has 3 rings (SSSR count). The molecule has 2 aliphatic heterocycles. The molecule has 0 aliphatic carbocycles. The van der Waals surface area contributed by atoms with Crippen molar-refractivity contribution >= 4 is 5.97 Å². The maximum atomic E-state index is 11.2. The number of carboxylic acid groups (broad SMARTS) is 1. The highest BCUT2D eigenvalue weighted by Gasteiger charge is 2.31. The van der Waals surface area contributed by atoms with Crippen molar-refractivity contribution in [2.75, 3.05) is 32.7 Å². The molecule has 2 saturated heterocycles. The number of nitrogens with zero attached hydrogens (tertiary/aromatic N) is 4. The van der Waals surface area contributed by atoms with E-state index in [1.54, 1.807) is 0 Å². The number of hydrogen-bond acceptors (Lipinski definition) is 4. The van der Waals surface area contributed by atoms with Gasteiger partial charge in [-0.05, 0) is 64.3 Å². The lowest BCUT2D eigenvalue weighted by Crippen LogP contribution is -2.49. The van der Waals surface area contributed by atoms with Gasteiger partial charge in [0.25, 0.3) is 0 Å². The Balaban J connectivity index is 1.37. The molecule has 1 aromatic heterocycles. The third-order valence-corrected chi connectivity index (χ3v) is 5.30. The largest absolute Gasteiger partial charge is 0.481 e. The topological polar surface area (TPSA) is 61.6 Å². The van der Waals surface area contributed by atoms with Crippen molar-refractivity contribution in [2.24, 2.45) is 5.92 Å². The summed E-state index contributed by atoms with van der Waals surface area (Å²) in [4.78, 5) is 16.2. The van der Waals surface area contributed by atoms with Gasteiger partial charge in [0.15, 0.2) is 0 Å². The van der Waals surface area contributed by atoms with Gasteiger partial charge in [0.1, 0.15) is 0 Å². The van der Waals surface area contributed by atoms with Crippen LogP contribution in [0, 0.1) is 5.92 Å². The molecule has 1 atom stereocenters. The summed E-state index contributed by atoms with van der Waals surface area (Å²) in [6, 6.07) is 2.55. The summed E-state index contributed by atoms with van der Waals surface area (Å²) in [5.41, 5.74) is 0. The average molecular weight is 320 g/mol. The molecule has 128 valence electrons. The highest BCUT2D eigenvalue weighted by molar-refractivity contribution is 5.70. The van der Waals surface area contributed by atoms with Crippen LogP contribution in [0.2, 0.25) is 0 Å². The number of likely N-dealkylation sites (tertiary alicyclic amines) is 2. The van der Waals surface area contributed by atoms with Gasteiger partial charge < -0.3 is 10.0 Å². The number of carboxylic acids is 1. The third kappa shape index (κ3) is 4.54. The molecule has 0 radical (unpaired) electrons. The van der Waals surface area contributed by atoms with E-state index in [0.717, 1.165) is 58.5 Å². The average Bonchev–Trinajstić information content (AvgIpc) is 3.09. The Morgan fingerprint density at radius 3 is 2.70 bits per heavy atom. The van der Waals surface area contributed by atoms with Crippen LogP contribution >= 0.6 is 0 Å². The lowest BCUT2D eigenvalue weighted by Gasteiger charge is -2.41. The Bertz CT molecular complexity index is 483. The zero-order valence-electron chi connectivity index (χ0n) is 13.8. The van der Waals surface area contributed by atoms with Crippen molar-refractivity contribution in [3.63, 3.8) is 0 Å². The summed E-state index contributed by atoms with van der Waals surface area (Å²) in [6.07, 6.45) is 9.20. The van der Waals surface area contributed by atoms with Crippen LogP contribution in [0.1, 0.15) is 32.1 Å². The number of aryl methyl sites for hydroxylation is 1. The molecule has 23 heavy (non-hydrogen) atoms. The van der Waals surface area contributed by atoms with Gasteiger partial charge in [-0.25, -0.2) is 0 Å². The number of rotatable bonds is 6. The van der Waals surface area contributed by atoms with Crippen LogP contribution in [0.25, 0.3) is 0 Å². The molecule has 0 bridgehead atoms. The molecule has 0 spiro atoms. The van der Waals surface area contributed by atoms with Crippen molar-refractivity contribution in [1.29, 1.82) is 0 Å². The first-order valence-corrected chi connectivity index (χ1v) is 8.89. The molecular formula is C17H28N4O2. The van der Waals surface area contributed by atoms with E-state index in [9.17, 15) is 9.90 Å². The molecule has 1 aromatic rings. The first kappa shape index (κ1) is 16.5. The van der Waals surface area contributed by atoms with Crippen molar-refractivity contribution < 1.29 is 9.90 Å². The molecule has 0 saturated carbocycles. The second kappa shape index (κ2) is 7.93. The highest BCUT2D eigenvalue weighted by atomic mass is 16.4. The summed E-state index contributed by atoms with van der Waals surface area (Å²) in [6.45, 7) is 6.22. The van der Waals surface area contributed by atoms with E-state index < -0.39 is 5.97 Å². The maximum absolute atomic E-state index is 11.2. The van der Waals surface area contributed by atoms with Crippen molar-refractivity contribution in [3.8, 4) is 0 Å². The standard InChI is InChI=1S/C17H28N4O2/c22-17(23)15-4-1-9-20(14-15)16-5-12-19(13-6-16)8-3-11-21-10-2-7-18-21/h2,7,10,15-16H,1,3-6,8-9,11-14H2,(H,22,23)/t15-/m0/s1. The quantitative estimate of drug-likeness (QED) is 0.861. The molecule has 2 aliphatic rings. The SMILES string of the molecule is O=C(O)[C@H]1CCCN(C2CCN(CCCn3cccn3)CC2)C1. The van der Waals surface area contributed by atoms with Gasteiger partial charge in [0, 0.05) is 31.5 Å². The molecule has 0 amide bonds. The van der Waals surface area contributed by atoms with Crippen LogP contribution in [0.5, 0.6) is 0 Å². The van der Waals surface area contributed by atoms with Gasteiger partial charge in [0.2, 0.25) is 0 Å². The summed E-state index contributed by atoms with van der Waals surface area (Å²) in [5.74, 6) is -0.776. The Morgan fingerprint density at radius 1 is 1.17 bits per heavy atom. The van der Waals surface area contributed by atoms with E-state index in [2.05, 4.69) is 14.9 Å². The smallest absolute Gasteiger partial charge is 0.307 e. The van der Waals surface area contributed by atoms with Crippen molar-refractivity contribution in [3.05, 3.63) is 18.5 Å². The van der Waals surface area contributed by atoms with Crippen LogP contribution in [-0.4, -0.2) is 69.4 Å². The number of piperidine rings is 2. The molecule has 0 unspecified atom stereocenters. The molecule has 1 N–H and O–H groups in total. The Hall–Kier alpha value is -1.40. The van der Waals surface area contributed by atoms with Crippen LogP contribution < -0.4 is 0 Å². The molecule has 6 nitrogen and oxygen atoms in total. The summed E-state index contributed by atoms with van der Waals surface area (Å²) in [5, 5.41) is 13.5. The lowest BCUT2D eigenvalue weighted by atomic mass is 9.94. The molecule has 0 aromatic carbocycles. The molecule has 2 fully saturated rings. The molecule has 3 heterocycles. The Labute approximate surface area is 138 Å². The Morgan fingerprint density at radius 2 is 2.00 bits per heavy atom. The van der Waals surface area contributed by atoms with Gasteiger partial charge in [0.05, 0.1) is 5.92 Å². The second-order valence-corrected chi connectivity index (χ2v) is 6.87. The van der Waals surface area contributed by atoms with Gasteiger partial charge in [-0.15, -0.1) is 0 Å². The van der Waals surface area contributed by atoms with E-state index in [4.69, 9.17) is 0 Å². The lowest BCUT2D eigenvalue weighted by molar-refractivity contribution is -0.144. The Kier molecular flexibility index (Phi) is 5.67. The third-order valence-electron chi connectivity index (χ3n) is 5.30. The number of aromatic nitrogens is 2. The predicted molar refractivity (Wildman–Crippen MR) is 88.2 cm³/mol. The minimum absolute atomic E-state index is 0.157. The fraction of sp³-hybridized carbons (Fsp3) is 0.765. The van der Waals surface area contributed by atoms with Crippen LogP contribution in [0.4, 0.5) is 0 Å². The number of hydrogen-bond donors (Lipinski definition) is 1. The van der Waals surface area contributed by atoms with Gasteiger partial charge in [-0.3, -0.25) is 14.4 Å². The van der Waals surface area contributed by atoms with E-state index in [-0.39, 0.29) is 5.92 Å². The van der Waals surface area contributed by atoms with E-state index >= 15 is 0 Å². The van der Waals surface area contributed by atoms with E-state index in [0.29, 0.717) is 6.04 Å². The molecule has 6 heteroatoms. The minimum atomic E-state index is -0.620. The second-order valence-electron chi connectivity index (χ2n) is 6.87. The highest BCUT2D eigenvalue weighted by Crippen LogP contribution is 2.24. The molecular weight excluding hydrogens is 292 g/mol. The summed E-state index contributed by atoms with van der Waals surface area (Å²) < 4.78 is 1.99. The zero-order valence-corrected chi connectivity index (χ0v) is 13.8. The summed E-state index contributed by atoms with van der Waals surface area (Å²) >= 11 is 0. The van der Waals surface area contributed by atoms with Crippen molar-refractivity contribution in [2.45, 2.75) is 44.7 Å². The number of aliphatic carboxylic acids is 1. The monoisotopic (exact) mass is 320 g/mol. The fourth-order valence-electron chi connectivity index (χ4n) is 3.94. The first-order chi connectivity index (χ1) is 11.2. The van der Waals surface area contributed by atoms with Gasteiger partial charge >= 0.3 is 5.97 Å². The predicted octanol–water partition coefficient (Wildman–Crippen LogP) is 1.53. The van der Waals surface area contributed by atoms with Gasteiger partial charge in [-0.1, -0.05) is 0 Å². The van der Waals surface area contributed by atoms with E-state index in [1.165, 1.54) is 12.8 Å². The van der Waals surface area contributed by atoms with E-state index in [1.807, 2.05) is 23.1 Å². The normalized spacial score (nSPS) is 24.8. The van der Waals surface area contributed by atoms with Crippen LogP contribution in [-0.2, 0) is 11.3 Å². The zero-order chi connectivity index (χ0) is 16.1. The van der Waals surface area contributed by atoms with Gasteiger partial charge in [-0.2, -0.15) is 5.10 Å².